The highest BCUT2D eigenvalue weighted by molar-refractivity contribution is 7.98. The lowest BCUT2D eigenvalue weighted by molar-refractivity contribution is 0.353. The molecule has 18 heavy (non-hydrogen) atoms. The monoisotopic (exact) mass is 263 g/mol. The van der Waals surface area contributed by atoms with E-state index in [4.69, 9.17) is 10.3 Å². The maximum absolute atomic E-state index is 5.99. The molecule has 1 atom stereocenters. The Balaban J connectivity index is 2.12. The second-order valence-electron chi connectivity index (χ2n) is 4.21. The summed E-state index contributed by atoms with van der Waals surface area (Å²) in [5.74, 6) is 2.10. The van der Waals surface area contributed by atoms with Gasteiger partial charge in [-0.05, 0) is 25.4 Å². The minimum absolute atomic E-state index is 0.177. The van der Waals surface area contributed by atoms with Crippen LogP contribution in [-0.2, 0) is 0 Å². The van der Waals surface area contributed by atoms with Gasteiger partial charge in [0.25, 0.3) is 0 Å². The standard InChI is InChI=1S/C13H17N3OS/c1-9-3-5-10(6-4-9)12-15-13(17-16-12)11(14)7-8-18-2/h3-6,11H,7-8,14H2,1-2H3. The Labute approximate surface area is 111 Å². The summed E-state index contributed by atoms with van der Waals surface area (Å²) in [5, 5.41) is 3.97. The molecule has 0 saturated heterocycles. The van der Waals surface area contributed by atoms with E-state index in [1.807, 2.05) is 31.2 Å². The van der Waals surface area contributed by atoms with E-state index in [1.165, 1.54) is 5.56 Å². The smallest absolute Gasteiger partial charge is 0.243 e. The molecule has 2 N–H and O–H groups in total. The van der Waals surface area contributed by atoms with E-state index >= 15 is 0 Å². The fourth-order valence-electron chi connectivity index (χ4n) is 1.57. The molecule has 0 saturated carbocycles. The summed E-state index contributed by atoms with van der Waals surface area (Å²) in [4.78, 5) is 4.35. The van der Waals surface area contributed by atoms with Gasteiger partial charge in [-0.25, -0.2) is 0 Å². The Bertz CT molecular complexity index is 495. The third kappa shape index (κ3) is 3.11. The summed E-state index contributed by atoms with van der Waals surface area (Å²) in [6, 6.07) is 7.84. The van der Waals surface area contributed by atoms with Crippen LogP contribution >= 0.6 is 11.8 Å². The van der Waals surface area contributed by atoms with Gasteiger partial charge in [-0.3, -0.25) is 0 Å². The molecule has 1 aromatic carbocycles. The fourth-order valence-corrected chi connectivity index (χ4v) is 2.06. The van der Waals surface area contributed by atoms with Crippen LogP contribution in [0.1, 0.15) is 23.9 Å². The molecule has 1 aromatic heterocycles. The van der Waals surface area contributed by atoms with E-state index in [9.17, 15) is 0 Å². The van der Waals surface area contributed by atoms with E-state index in [0.29, 0.717) is 11.7 Å². The van der Waals surface area contributed by atoms with Gasteiger partial charge < -0.3 is 10.3 Å². The molecule has 1 unspecified atom stereocenters. The van der Waals surface area contributed by atoms with Crippen molar-refractivity contribution in [2.24, 2.45) is 5.73 Å². The summed E-state index contributed by atoms with van der Waals surface area (Å²) in [5.41, 5.74) is 8.15. The van der Waals surface area contributed by atoms with Gasteiger partial charge in [0.05, 0.1) is 6.04 Å². The van der Waals surface area contributed by atoms with Crippen LogP contribution in [0.25, 0.3) is 11.4 Å². The van der Waals surface area contributed by atoms with Crippen LogP contribution in [0.2, 0.25) is 0 Å². The second-order valence-corrected chi connectivity index (χ2v) is 5.20. The van der Waals surface area contributed by atoms with Gasteiger partial charge in [-0.2, -0.15) is 16.7 Å². The number of aromatic nitrogens is 2. The molecule has 0 aliphatic rings. The Morgan fingerprint density at radius 2 is 2.06 bits per heavy atom. The zero-order valence-electron chi connectivity index (χ0n) is 10.6. The van der Waals surface area contributed by atoms with Crippen molar-refractivity contribution in [2.45, 2.75) is 19.4 Å². The van der Waals surface area contributed by atoms with Crippen molar-refractivity contribution in [3.63, 3.8) is 0 Å². The highest BCUT2D eigenvalue weighted by Crippen LogP contribution is 2.20. The first-order valence-corrected chi connectivity index (χ1v) is 7.25. The molecule has 0 aliphatic heterocycles. The van der Waals surface area contributed by atoms with Gasteiger partial charge >= 0.3 is 0 Å². The van der Waals surface area contributed by atoms with Crippen molar-refractivity contribution in [1.29, 1.82) is 0 Å². The number of rotatable bonds is 5. The van der Waals surface area contributed by atoms with E-state index in [-0.39, 0.29) is 6.04 Å². The van der Waals surface area contributed by atoms with Gasteiger partial charge in [0.2, 0.25) is 11.7 Å². The van der Waals surface area contributed by atoms with Crippen LogP contribution in [0.5, 0.6) is 0 Å². The third-order valence-corrected chi connectivity index (χ3v) is 3.35. The van der Waals surface area contributed by atoms with Crippen LogP contribution in [0.15, 0.2) is 28.8 Å². The fraction of sp³-hybridized carbons (Fsp3) is 0.385. The molecule has 0 bridgehead atoms. The van der Waals surface area contributed by atoms with Crippen molar-refractivity contribution >= 4 is 11.8 Å². The van der Waals surface area contributed by atoms with Gasteiger partial charge in [0, 0.05) is 5.56 Å². The number of hydrogen-bond acceptors (Lipinski definition) is 5. The van der Waals surface area contributed by atoms with Crippen molar-refractivity contribution < 1.29 is 4.52 Å². The van der Waals surface area contributed by atoms with Crippen molar-refractivity contribution in [2.75, 3.05) is 12.0 Å². The summed E-state index contributed by atoms with van der Waals surface area (Å²) >= 11 is 1.76. The molecule has 0 aliphatic carbocycles. The maximum Gasteiger partial charge on any atom is 0.243 e. The number of hydrogen-bond donors (Lipinski definition) is 1. The largest absolute Gasteiger partial charge is 0.337 e. The molecule has 2 rings (SSSR count). The van der Waals surface area contributed by atoms with Gasteiger partial charge in [-0.15, -0.1) is 0 Å². The predicted molar refractivity (Wildman–Crippen MR) is 74.4 cm³/mol. The number of benzene rings is 1. The maximum atomic E-state index is 5.99. The molecule has 0 fully saturated rings. The Morgan fingerprint density at radius 3 is 2.72 bits per heavy atom. The minimum Gasteiger partial charge on any atom is -0.337 e. The topological polar surface area (TPSA) is 64.9 Å². The summed E-state index contributed by atoms with van der Waals surface area (Å²) in [7, 11) is 0. The second kappa shape index (κ2) is 6.02. The van der Waals surface area contributed by atoms with Gasteiger partial charge in [0.15, 0.2) is 0 Å². The quantitative estimate of drug-likeness (QED) is 0.898. The van der Waals surface area contributed by atoms with Crippen LogP contribution in [0.3, 0.4) is 0 Å². The number of nitrogens with two attached hydrogens (primary N) is 1. The first-order valence-electron chi connectivity index (χ1n) is 5.86. The average molecular weight is 263 g/mol. The van der Waals surface area contributed by atoms with Gasteiger partial charge in [0.1, 0.15) is 0 Å². The number of aryl methyl sites for hydroxylation is 1. The molecule has 5 heteroatoms. The molecule has 2 aromatic rings. The highest BCUT2D eigenvalue weighted by Gasteiger charge is 2.15. The summed E-state index contributed by atoms with van der Waals surface area (Å²) in [6.45, 7) is 2.05. The van der Waals surface area contributed by atoms with Crippen molar-refractivity contribution in [1.82, 2.24) is 10.1 Å². The van der Waals surface area contributed by atoms with E-state index in [0.717, 1.165) is 17.7 Å². The van der Waals surface area contributed by atoms with Crippen LogP contribution in [-0.4, -0.2) is 22.1 Å². The lowest BCUT2D eigenvalue weighted by atomic mass is 10.1. The molecule has 0 spiro atoms. The Kier molecular flexibility index (Phi) is 4.38. The summed E-state index contributed by atoms with van der Waals surface area (Å²) in [6.07, 6.45) is 2.90. The Hall–Kier alpha value is -1.33. The number of thioether (sulfide) groups is 1. The van der Waals surface area contributed by atoms with Crippen LogP contribution < -0.4 is 5.73 Å². The molecule has 4 nitrogen and oxygen atoms in total. The van der Waals surface area contributed by atoms with Gasteiger partial charge in [-0.1, -0.05) is 35.0 Å². The summed E-state index contributed by atoms with van der Waals surface area (Å²) < 4.78 is 5.21. The lowest BCUT2D eigenvalue weighted by Gasteiger charge is -2.03. The zero-order valence-corrected chi connectivity index (χ0v) is 11.4. The molecular formula is C13H17N3OS. The first kappa shape index (κ1) is 13.1. The molecule has 1 heterocycles. The third-order valence-electron chi connectivity index (χ3n) is 2.70. The molecule has 0 radical (unpaired) electrons. The van der Waals surface area contributed by atoms with Crippen LogP contribution in [0, 0.1) is 6.92 Å². The first-order chi connectivity index (χ1) is 8.70. The Morgan fingerprint density at radius 1 is 1.33 bits per heavy atom. The SMILES string of the molecule is CSCCC(N)c1nc(-c2ccc(C)cc2)no1. The molecular weight excluding hydrogens is 246 g/mol. The van der Waals surface area contributed by atoms with Crippen molar-refractivity contribution in [3.8, 4) is 11.4 Å². The highest BCUT2D eigenvalue weighted by atomic mass is 32.2. The van der Waals surface area contributed by atoms with E-state index in [1.54, 1.807) is 11.8 Å². The molecule has 0 amide bonds. The average Bonchev–Trinajstić information content (AvgIpc) is 2.86. The lowest BCUT2D eigenvalue weighted by Crippen LogP contribution is -2.11. The minimum atomic E-state index is -0.177. The molecule has 96 valence electrons. The van der Waals surface area contributed by atoms with Crippen LogP contribution in [0.4, 0.5) is 0 Å². The van der Waals surface area contributed by atoms with Crippen molar-refractivity contribution in [3.05, 3.63) is 35.7 Å². The zero-order chi connectivity index (χ0) is 13.0. The van der Waals surface area contributed by atoms with E-state index < -0.39 is 0 Å². The predicted octanol–water partition coefficient (Wildman–Crippen LogP) is 2.80. The normalized spacial score (nSPS) is 12.6. The van der Waals surface area contributed by atoms with E-state index in [2.05, 4.69) is 16.4 Å². The number of nitrogens with zero attached hydrogens (tertiary/aromatic N) is 2.